The van der Waals surface area contributed by atoms with Crippen LogP contribution in [0.4, 0.5) is 0 Å². The molecule has 0 amide bonds. The molecule has 0 spiro atoms. The Morgan fingerprint density at radius 2 is 1.85 bits per heavy atom. The summed E-state index contributed by atoms with van der Waals surface area (Å²) in [5.74, 6) is 0.593. The maximum Gasteiger partial charge on any atom is 0.334 e. The van der Waals surface area contributed by atoms with Crippen molar-refractivity contribution in [3.8, 4) is 0 Å². The van der Waals surface area contributed by atoms with Gasteiger partial charge in [-0.15, -0.1) is 0 Å². The number of rotatable bonds is 6. The lowest BCUT2D eigenvalue weighted by Crippen LogP contribution is -2.59. The van der Waals surface area contributed by atoms with Gasteiger partial charge in [-0.3, -0.25) is 0 Å². The molecular weight excluding hydrogens is 348 g/mol. The van der Waals surface area contributed by atoms with Crippen molar-refractivity contribution in [1.29, 1.82) is 0 Å². The molecule has 4 saturated carbocycles. The van der Waals surface area contributed by atoms with Gasteiger partial charge in [-0.25, -0.2) is 9.59 Å². The Labute approximate surface area is 160 Å². The van der Waals surface area contributed by atoms with Crippen molar-refractivity contribution in [2.45, 2.75) is 76.3 Å². The summed E-state index contributed by atoms with van der Waals surface area (Å²) in [5.41, 5.74) is 0.178. The summed E-state index contributed by atoms with van der Waals surface area (Å²) in [7, 11) is 0. The third kappa shape index (κ3) is 4.06. The standard InChI is InChI=1S/C21H30O6/c1-13(2)20(23)27-19-15-7-14-8-16(19)11-21(9-14,10-15)25-12-17(22)26-18-5-3-4-6-24-18/h14-16,18-19H,1,3-12H2,2H3. The lowest BCUT2D eigenvalue weighted by molar-refractivity contribution is -0.223. The van der Waals surface area contributed by atoms with E-state index in [1.54, 1.807) is 6.92 Å². The molecule has 0 aromatic carbocycles. The molecule has 1 aliphatic heterocycles. The van der Waals surface area contributed by atoms with Crippen LogP contribution in [0.3, 0.4) is 0 Å². The van der Waals surface area contributed by atoms with Gasteiger partial charge in [0.2, 0.25) is 6.29 Å². The van der Waals surface area contributed by atoms with E-state index in [4.69, 9.17) is 18.9 Å². The normalized spacial score (nSPS) is 39.8. The lowest BCUT2D eigenvalue weighted by Gasteiger charge is -2.58. The fourth-order valence-corrected chi connectivity index (χ4v) is 5.69. The number of carbonyl (C=O) groups is 2. The number of hydrogen-bond donors (Lipinski definition) is 0. The third-order valence-corrected chi connectivity index (χ3v) is 6.62. The van der Waals surface area contributed by atoms with Gasteiger partial charge in [0.1, 0.15) is 12.7 Å². The molecule has 150 valence electrons. The summed E-state index contributed by atoms with van der Waals surface area (Å²) in [6.45, 7) is 6.00. The monoisotopic (exact) mass is 378 g/mol. The average molecular weight is 378 g/mol. The molecule has 5 aliphatic rings. The quantitative estimate of drug-likeness (QED) is 0.522. The molecule has 5 fully saturated rings. The van der Waals surface area contributed by atoms with E-state index in [0.29, 0.717) is 29.9 Å². The molecule has 3 atom stereocenters. The Bertz CT molecular complexity index is 592. The van der Waals surface area contributed by atoms with Crippen molar-refractivity contribution in [3.05, 3.63) is 12.2 Å². The highest BCUT2D eigenvalue weighted by atomic mass is 16.7. The first-order chi connectivity index (χ1) is 12.9. The van der Waals surface area contributed by atoms with Crippen LogP contribution >= 0.6 is 0 Å². The van der Waals surface area contributed by atoms with Crippen molar-refractivity contribution < 1.29 is 28.5 Å². The van der Waals surface area contributed by atoms with Gasteiger partial charge in [-0.05, 0) is 69.6 Å². The second-order valence-corrected chi connectivity index (χ2v) is 8.88. The van der Waals surface area contributed by atoms with E-state index in [1.807, 2.05) is 0 Å². The Balaban J connectivity index is 1.32. The predicted molar refractivity (Wildman–Crippen MR) is 96.6 cm³/mol. The Morgan fingerprint density at radius 1 is 1.11 bits per heavy atom. The SMILES string of the molecule is C=C(C)C(=O)OC1C2CC3CC1CC(OCC(=O)OC1CCCCO1)(C3)C2. The van der Waals surface area contributed by atoms with E-state index in [9.17, 15) is 9.59 Å². The molecular formula is C21H30O6. The molecule has 6 heteroatoms. The zero-order valence-corrected chi connectivity index (χ0v) is 16.1. The van der Waals surface area contributed by atoms with Crippen LogP contribution in [-0.4, -0.2) is 43.1 Å². The second-order valence-electron chi connectivity index (χ2n) is 8.88. The fraction of sp³-hybridized carbons (Fsp3) is 0.810. The van der Waals surface area contributed by atoms with Crippen molar-refractivity contribution in [1.82, 2.24) is 0 Å². The fourth-order valence-electron chi connectivity index (χ4n) is 5.69. The second kappa shape index (κ2) is 7.55. The molecule has 5 rings (SSSR count). The van der Waals surface area contributed by atoms with Crippen LogP contribution in [-0.2, 0) is 28.5 Å². The summed E-state index contributed by atoms with van der Waals surface area (Å²) in [4.78, 5) is 24.2. The van der Waals surface area contributed by atoms with Gasteiger partial charge in [0.15, 0.2) is 0 Å². The minimum atomic E-state index is -0.419. The van der Waals surface area contributed by atoms with Crippen LogP contribution in [0, 0.1) is 17.8 Å². The van der Waals surface area contributed by atoms with Crippen LogP contribution in [0.1, 0.15) is 58.3 Å². The molecule has 3 unspecified atom stereocenters. The van der Waals surface area contributed by atoms with Gasteiger partial charge in [-0.1, -0.05) is 6.58 Å². The first-order valence-electron chi connectivity index (χ1n) is 10.3. The van der Waals surface area contributed by atoms with E-state index >= 15 is 0 Å². The van der Waals surface area contributed by atoms with Crippen LogP contribution in [0.2, 0.25) is 0 Å². The predicted octanol–water partition coefficient (Wildman–Crippen LogP) is 3.14. The summed E-state index contributed by atoms with van der Waals surface area (Å²) >= 11 is 0. The van der Waals surface area contributed by atoms with Gasteiger partial charge in [0, 0.05) is 12.0 Å². The maximum absolute atomic E-state index is 12.2. The average Bonchev–Trinajstić information content (AvgIpc) is 2.63. The molecule has 1 heterocycles. The van der Waals surface area contributed by atoms with Crippen LogP contribution in [0.25, 0.3) is 0 Å². The number of carbonyl (C=O) groups excluding carboxylic acids is 2. The smallest absolute Gasteiger partial charge is 0.334 e. The van der Waals surface area contributed by atoms with Crippen LogP contribution in [0.15, 0.2) is 12.2 Å². The molecule has 4 bridgehead atoms. The summed E-state index contributed by atoms with van der Waals surface area (Å²) in [6, 6.07) is 0. The highest BCUT2D eigenvalue weighted by molar-refractivity contribution is 5.87. The van der Waals surface area contributed by atoms with Crippen molar-refractivity contribution in [3.63, 3.8) is 0 Å². The minimum absolute atomic E-state index is 0.0256. The highest BCUT2D eigenvalue weighted by Crippen LogP contribution is 2.58. The molecule has 1 saturated heterocycles. The molecule has 0 aromatic rings. The van der Waals surface area contributed by atoms with Crippen molar-refractivity contribution in [2.75, 3.05) is 13.2 Å². The van der Waals surface area contributed by atoms with Crippen molar-refractivity contribution in [2.24, 2.45) is 17.8 Å². The molecule has 0 N–H and O–H groups in total. The molecule has 0 radical (unpaired) electrons. The van der Waals surface area contributed by atoms with E-state index < -0.39 is 6.29 Å². The minimum Gasteiger partial charge on any atom is -0.458 e. The van der Waals surface area contributed by atoms with Gasteiger partial charge >= 0.3 is 11.9 Å². The molecule has 27 heavy (non-hydrogen) atoms. The Kier molecular flexibility index (Phi) is 5.30. The topological polar surface area (TPSA) is 71.1 Å². The van der Waals surface area contributed by atoms with Crippen LogP contribution < -0.4 is 0 Å². The summed E-state index contributed by atoms with van der Waals surface area (Å²) < 4.78 is 22.8. The third-order valence-electron chi connectivity index (χ3n) is 6.62. The molecule has 4 aliphatic carbocycles. The Morgan fingerprint density at radius 3 is 2.48 bits per heavy atom. The number of ether oxygens (including phenoxy) is 4. The number of hydrogen-bond acceptors (Lipinski definition) is 6. The molecule has 6 nitrogen and oxygen atoms in total. The molecule has 0 aromatic heterocycles. The van der Waals surface area contributed by atoms with E-state index in [1.165, 1.54) is 0 Å². The van der Waals surface area contributed by atoms with Crippen molar-refractivity contribution >= 4 is 11.9 Å². The first kappa shape index (κ1) is 18.9. The highest BCUT2D eigenvalue weighted by Gasteiger charge is 2.57. The summed E-state index contributed by atoms with van der Waals surface area (Å²) in [5, 5.41) is 0. The first-order valence-corrected chi connectivity index (χ1v) is 10.3. The van der Waals surface area contributed by atoms with Gasteiger partial charge in [-0.2, -0.15) is 0 Å². The zero-order chi connectivity index (χ0) is 19.0. The lowest BCUT2D eigenvalue weighted by atomic mass is 9.53. The number of esters is 2. The van der Waals surface area contributed by atoms with E-state index in [0.717, 1.165) is 51.4 Å². The largest absolute Gasteiger partial charge is 0.458 e. The van der Waals surface area contributed by atoms with Gasteiger partial charge < -0.3 is 18.9 Å². The van der Waals surface area contributed by atoms with E-state index in [2.05, 4.69) is 6.58 Å². The van der Waals surface area contributed by atoms with Crippen LogP contribution in [0.5, 0.6) is 0 Å². The summed E-state index contributed by atoms with van der Waals surface area (Å²) in [6.07, 6.45) is 7.21. The Hall–Kier alpha value is -1.40. The van der Waals surface area contributed by atoms with E-state index in [-0.39, 0.29) is 30.3 Å². The van der Waals surface area contributed by atoms with Gasteiger partial charge in [0.25, 0.3) is 0 Å². The maximum atomic E-state index is 12.2. The zero-order valence-electron chi connectivity index (χ0n) is 16.1. The van der Waals surface area contributed by atoms with Gasteiger partial charge in [0.05, 0.1) is 12.2 Å².